The Kier molecular flexibility index (Phi) is 8.51. The second-order valence-corrected chi connectivity index (χ2v) is 7.23. The van der Waals surface area contributed by atoms with E-state index in [1.807, 2.05) is 49.4 Å². The van der Waals surface area contributed by atoms with Gasteiger partial charge < -0.3 is 19.5 Å². The molecule has 0 bridgehead atoms. The summed E-state index contributed by atoms with van der Waals surface area (Å²) in [5.74, 6) is 1.78. The van der Waals surface area contributed by atoms with Crippen molar-refractivity contribution in [3.8, 4) is 0 Å². The minimum absolute atomic E-state index is 0. The molecule has 0 radical (unpaired) electrons. The number of hydrogen-bond donors (Lipinski definition) is 1. The lowest BCUT2D eigenvalue weighted by Gasteiger charge is -2.24. The molecule has 1 aromatic carbocycles. The number of rotatable bonds is 7. The first kappa shape index (κ1) is 23.2. The fraction of sp³-hybridized carbons (Fsp3) is 0.429. The summed E-state index contributed by atoms with van der Waals surface area (Å²) in [5.41, 5.74) is 2.07. The van der Waals surface area contributed by atoms with Crippen LogP contribution in [0.4, 0.5) is 0 Å². The minimum atomic E-state index is 0. The van der Waals surface area contributed by atoms with Crippen LogP contribution in [0.25, 0.3) is 11.0 Å². The van der Waals surface area contributed by atoms with E-state index in [1.54, 1.807) is 0 Å². The summed E-state index contributed by atoms with van der Waals surface area (Å²) in [6.45, 7) is 4.18. The number of fused-ring (bicyclic) bond motifs is 1. The second-order valence-electron chi connectivity index (χ2n) is 7.23. The minimum Gasteiger partial charge on any atom is -0.459 e. The zero-order valence-corrected chi connectivity index (χ0v) is 20.1. The number of benzene rings is 1. The monoisotopic (exact) mass is 510 g/mol. The van der Waals surface area contributed by atoms with Crippen molar-refractivity contribution in [2.24, 2.45) is 12.0 Å². The van der Waals surface area contributed by atoms with E-state index in [9.17, 15) is 0 Å². The molecule has 0 saturated carbocycles. The van der Waals surface area contributed by atoms with E-state index in [0.29, 0.717) is 13.1 Å². The molecule has 8 heteroatoms. The molecule has 29 heavy (non-hydrogen) atoms. The average molecular weight is 510 g/mol. The van der Waals surface area contributed by atoms with Gasteiger partial charge in [0.15, 0.2) is 5.96 Å². The Morgan fingerprint density at radius 3 is 2.66 bits per heavy atom. The lowest BCUT2D eigenvalue weighted by atomic mass is 10.1. The molecular weight excluding hydrogens is 479 g/mol. The summed E-state index contributed by atoms with van der Waals surface area (Å²) >= 11 is 0. The zero-order valence-electron chi connectivity index (χ0n) is 17.8. The van der Waals surface area contributed by atoms with Gasteiger partial charge in [-0.25, -0.2) is 0 Å². The molecule has 2 heterocycles. The smallest absolute Gasteiger partial charge is 0.194 e. The van der Waals surface area contributed by atoms with Gasteiger partial charge in [-0.2, -0.15) is 5.10 Å². The molecule has 1 atom stereocenters. The van der Waals surface area contributed by atoms with Crippen molar-refractivity contribution in [2.75, 3.05) is 34.2 Å². The van der Waals surface area contributed by atoms with E-state index in [4.69, 9.17) is 9.41 Å². The summed E-state index contributed by atoms with van der Waals surface area (Å²) in [4.78, 5) is 9.15. The van der Waals surface area contributed by atoms with Crippen LogP contribution in [0.3, 0.4) is 0 Å². The maximum atomic E-state index is 5.96. The van der Waals surface area contributed by atoms with E-state index in [2.05, 4.69) is 53.4 Å². The number of para-hydroxylation sites is 1. The van der Waals surface area contributed by atoms with Crippen LogP contribution in [0.1, 0.15) is 24.3 Å². The molecule has 3 aromatic rings. The average Bonchev–Trinajstić information content (AvgIpc) is 3.26. The highest BCUT2D eigenvalue weighted by atomic mass is 127. The van der Waals surface area contributed by atoms with Gasteiger partial charge in [-0.3, -0.25) is 9.67 Å². The van der Waals surface area contributed by atoms with Gasteiger partial charge in [0.25, 0.3) is 0 Å². The molecule has 1 unspecified atom stereocenters. The quantitative estimate of drug-likeness (QED) is 0.300. The van der Waals surface area contributed by atoms with Crippen molar-refractivity contribution in [1.29, 1.82) is 0 Å². The predicted molar refractivity (Wildman–Crippen MR) is 129 cm³/mol. The number of aliphatic imine (C=N–C) groups is 1. The maximum Gasteiger partial charge on any atom is 0.194 e. The Balaban J connectivity index is 0.00000300. The van der Waals surface area contributed by atoms with Crippen molar-refractivity contribution in [3.05, 3.63) is 54.0 Å². The van der Waals surface area contributed by atoms with Gasteiger partial charge in [0.05, 0.1) is 25.3 Å². The normalized spacial score (nSPS) is 12.8. The number of halogens is 1. The van der Waals surface area contributed by atoms with E-state index in [-0.39, 0.29) is 30.0 Å². The third-order valence-corrected chi connectivity index (χ3v) is 4.71. The highest BCUT2D eigenvalue weighted by molar-refractivity contribution is 14.0. The second kappa shape index (κ2) is 10.6. The number of guanidine groups is 1. The first-order valence-electron chi connectivity index (χ1n) is 9.59. The molecule has 0 amide bonds. The maximum absolute atomic E-state index is 5.96. The molecule has 0 fully saturated rings. The SMILES string of the molecule is CCNC(=NCC(c1cnn(C)c1)N(C)C)N(C)Cc1cc2ccccc2o1.I. The van der Waals surface area contributed by atoms with E-state index < -0.39 is 0 Å². The number of nitrogens with zero attached hydrogens (tertiary/aromatic N) is 5. The molecule has 0 spiro atoms. The summed E-state index contributed by atoms with van der Waals surface area (Å²) in [5, 5.41) is 8.80. The molecule has 7 nitrogen and oxygen atoms in total. The molecular formula is C21H31IN6O. The van der Waals surface area contributed by atoms with Gasteiger partial charge >= 0.3 is 0 Å². The van der Waals surface area contributed by atoms with Crippen molar-refractivity contribution in [3.63, 3.8) is 0 Å². The Morgan fingerprint density at radius 2 is 2.03 bits per heavy atom. The van der Waals surface area contributed by atoms with Crippen LogP contribution in [0.15, 0.2) is 52.1 Å². The fourth-order valence-electron chi connectivity index (χ4n) is 3.25. The Bertz CT molecular complexity index is 899. The van der Waals surface area contributed by atoms with Crippen LogP contribution in [-0.4, -0.2) is 59.8 Å². The van der Waals surface area contributed by atoms with Crippen LogP contribution in [0.2, 0.25) is 0 Å². The van der Waals surface area contributed by atoms with Crippen LogP contribution in [0.5, 0.6) is 0 Å². The summed E-state index contributed by atoms with van der Waals surface area (Å²) < 4.78 is 7.79. The standard InChI is InChI=1S/C21H30N6O.HI/c1-6-22-21(23-13-19(25(2)3)17-12-24-27(5)14-17)26(4)15-18-11-16-9-7-8-10-20(16)28-18;/h7-12,14,19H,6,13,15H2,1-5H3,(H,22,23);1H. The molecule has 0 aliphatic heterocycles. The topological polar surface area (TPSA) is 61.8 Å². The summed E-state index contributed by atoms with van der Waals surface area (Å²) in [6.07, 6.45) is 3.95. The summed E-state index contributed by atoms with van der Waals surface area (Å²) in [7, 11) is 8.10. The number of likely N-dealkylation sites (N-methyl/N-ethyl adjacent to an activating group) is 1. The molecule has 2 aromatic heterocycles. The summed E-state index contributed by atoms with van der Waals surface area (Å²) in [6, 6.07) is 10.3. The van der Waals surface area contributed by atoms with Crippen molar-refractivity contribution >= 4 is 40.9 Å². The number of furan rings is 1. The predicted octanol–water partition coefficient (Wildman–Crippen LogP) is 3.48. The molecule has 0 saturated heterocycles. The first-order valence-corrected chi connectivity index (χ1v) is 9.59. The van der Waals surface area contributed by atoms with E-state index in [1.165, 1.54) is 0 Å². The van der Waals surface area contributed by atoms with Crippen LogP contribution in [0, 0.1) is 0 Å². The Labute approximate surface area is 189 Å². The van der Waals surface area contributed by atoms with Crippen molar-refractivity contribution in [1.82, 2.24) is 24.9 Å². The zero-order chi connectivity index (χ0) is 20.1. The number of nitrogens with one attached hydrogen (secondary N) is 1. The molecule has 1 N–H and O–H groups in total. The first-order chi connectivity index (χ1) is 13.5. The third kappa shape index (κ3) is 5.96. The highest BCUT2D eigenvalue weighted by Crippen LogP contribution is 2.20. The Morgan fingerprint density at radius 1 is 1.28 bits per heavy atom. The van der Waals surface area contributed by atoms with Gasteiger partial charge in [0.2, 0.25) is 0 Å². The van der Waals surface area contributed by atoms with Gasteiger partial charge in [-0.1, -0.05) is 18.2 Å². The van der Waals surface area contributed by atoms with Gasteiger partial charge in [-0.05, 0) is 33.2 Å². The van der Waals surface area contributed by atoms with Crippen LogP contribution >= 0.6 is 24.0 Å². The lowest BCUT2D eigenvalue weighted by Crippen LogP contribution is -2.39. The lowest BCUT2D eigenvalue weighted by molar-refractivity contribution is 0.304. The molecule has 0 aliphatic rings. The molecule has 3 rings (SSSR count). The van der Waals surface area contributed by atoms with E-state index in [0.717, 1.165) is 34.8 Å². The van der Waals surface area contributed by atoms with Gasteiger partial charge in [-0.15, -0.1) is 24.0 Å². The molecule has 158 valence electrons. The number of hydrogen-bond acceptors (Lipinski definition) is 4. The van der Waals surface area contributed by atoms with Crippen molar-refractivity contribution in [2.45, 2.75) is 19.5 Å². The largest absolute Gasteiger partial charge is 0.459 e. The van der Waals surface area contributed by atoms with Crippen molar-refractivity contribution < 1.29 is 4.42 Å². The van der Waals surface area contributed by atoms with Gasteiger partial charge in [0, 0.05) is 37.8 Å². The molecule has 0 aliphatic carbocycles. The van der Waals surface area contributed by atoms with Gasteiger partial charge in [0.1, 0.15) is 11.3 Å². The highest BCUT2D eigenvalue weighted by Gasteiger charge is 2.17. The number of aryl methyl sites for hydroxylation is 1. The van der Waals surface area contributed by atoms with Crippen LogP contribution < -0.4 is 5.32 Å². The third-order valence-electron chi connectivity index (χ3n) is 4.71. The van der Waals surface area contributed by atoms with Crippen LogP contribution in [-0.2, 0) is 13.6 Å². The Hall–Kier alpha value is -2.07. The van der Waals surface area contributed by atoms with E-state index >= 15 is 0 Å². The number of aromatic nitrogens is 2. The fourth-order valence-corrected chi connectivity index (χ4v) is 3.25.